The number of aromatic nitrogens is 2. The Kier molecular flexibility index (Phi) is 6.21. The summed E-state index contributed by atoms with van der Waals surface area (Å²) in [7, 11) is 4.74. The minimum atomic E-state index is -0.405. The predicted molar refractivity (Wildman–Crippen MR) is 124 cm³/mol. The normalized spacial score (nSPS) is 13.5. The number of nitrogens with one attached hydrogen (secondary N) is 1. The molecule has 0 atom stereocenters. The lowest BCUT2D eigenvalue weighted by Crippen LogP contribution is -2.41. The maximum Gasteiger partial charge on any atom is 0.273 e. The average molecular weight is 451 g/mol. The Labute approximate surface area is 189 Å². The van der Waals surface area contributed by atoms with Gasteiger partial charge in [-0.25, -0.2) is 4.68 Å². The van der Waals surface area contributed by atoms with Crippen molar-refractivity contribution in [1.29, 1.82) is 0 Å². The Balaban J connectivity index is 1.56. The van der Waals surface area contributed by atoms with Gasteiger partial charge in [0.1, 0.15) is 23.8 Å². The number of carbonyl (C=O) groups excluding carboxylic acids is 1. The standard InChI is InChI=1S/C24H25N3O6/c1-31-16-12-19(32-2)22(20(13-16)33-3)15-8-10-26(11-9-15)21(28)14-27-24(30)18-7-5-4-6-17(18)23(29)25-27/h4-8,12-13H,9-11,14H2,1-3H3,(H,25,29). The van der Waals surface area contributed by atoms with Crippen LogP contribution < -0.4 is 25.3 Å². The van der Waals surface area contributed by atoms with Gasteiger partial charge in [0.15, 0.2) is 0 Å². The summed E-state index contributed by atoms with van der Waals surface area (Å²) >= 11 is 0. The van der Waals surface area contributed by atoms with Gasteiger partial charge in [-0.2, -0.15) is 0 Å². The predicted octanol–water partition coefficient (Wildman–Crippen LogP) is 2.03. The Morgan fingerprint density at radius 2 is 1.67 bits per heavy atom. The zero-order chi connectivity index (χ0) is 23.5. The van der Waals surface area contributed by atoms with Crippen molar-refractivity contribution in [3.05, 3.63) is 68.7 Å². The average Bonchev–Trinajstić information content (AvgIpc) is 2.86. The summed E-state index contributed by atoms with van der Waals surface area (Å²) < 4.78 is 17.5. The molecule has 1 N–H and O–H groups in total. The highest BCUT2D eigenvalue weighted by atomic mass is 16.5. The van der Waals surface area contributed by atoms with Gasteiger partial charge in [0, 0.05) is 25.2 Å². The molecule has 172 valence electrons. The number of ether oxygens (including phenoxy) is 3. The van der Waals surface area contributed by atoms with Crippen LogP contribution in [0.3, 0.4) is 0 Å². The van der Waals surface area contributed by atoms with Crippen LogP contribution in [0.5, 0.6) is 17.2 Å². The monoisotopic (exact) mass is 451 g/mol. The first kappa shape index (κ1) is 22.2. The van der Waals surface area contributed by atoms with E-state index >= 15 is 0 Å². The van der Waals surface area contributed by atoms with Gasteiger partial charge in [-0.05, 0) is 24.1 Å². The number of H-pyrrole nitrogens is 1. The number of nitrogens with zero attached hydrogens (tertiary/aromatic N) is 2. The Hall–Kier alpha value is -4.01. The van der Waals surface area contributed by atoms with Gasteiger partial charge in [-0.1, -0.05) is 18.2 Å². The smallest absolute Gasteiger partial charge is 0.273 e. The molecular formula is C24H25N3O6. The Morgan fingerprint density at radius 1 is 1.00 bits per heavy atom. The number of amides is 1. The lowest BCUT2D eigenvalue weighted by atomic mass is 9.97. The third-order valence-corrected chi connectivity index (χ3v) is 5.78. The molecule has 0 radical (unpaired) electrons. The molecule has 4 rings (SSSR count). The van der Waals surface area contributed by atoms with Crippen LogP contribution in [0.2, 0.25) is 0 Å². The van der Waals surface area contributed by atoms with E-state index < -0.39 is 11.1 Å². The summed E-state index contributed by atoms with van der Waals surface area (Å²) in [6, 6.07) is 10.1. The number of fused-ring (bicyclic) bond motifs is 1. The fourth-order valence-corrected chi connectivity index (χ4v) is 4.04. The van der Waals surface area contributed by atoms with Crippen molar-refractivity contribution in [3.8, 4) is 17.2 Å². The van der Waals surface area contributed by atoms with Crippen LogP contribution >= 0.6 is 0 Å². The SMILES string of the molecule is COc1cc(OC)c(C2=CCN(C(=O)Cn3[nH]c(=O)c4ccccc4c3=O)CC2)c(OC)c1. The fraction of sp³-hybridized carbons (Fsp3) is 0.292. The third-order valence-electron chi connectivity index (χ3n) is 5.78. The highest BCUT2D eigenvalue weighted by molar-refractivity contribution is 5.82. The summed E-state index contributed by atoms with van der Waals surface area (Å²) in [5.41, 5.74) is 1.01. The second kappa shape index (κ2) is 9.23. The van der Waals surface area contributed by atoms with Gasteiger partial charge in [0.25, 0.3) is 11.1 Å². The molecule has 0 saturated carbocycles. The fourth-order valence-electron chi connectivity index (χ4n) is 4.04. The number of hydrogen-bond donors (Lipinski definition) is 1. The van der Waals surface area contributed by atoms with Gasteiger partial charge in [-0.15, -0.1) is 0 Å². The molecule has 1 aliphatic rings. The second-order valence-corrected chi connectivity index (χ2v) is 7.60. The first-order valence-electron chi connectivity index (χ1n) is 10.5. The zero-order valence-corrected chi connectivity index (χ0v) is 18.7. The van der Waals surface area contributed by atoms with E-state index in [1.54, 1.807) is 62.6 Å². The molecule has 1 aromatic heterocycles. The van der Waals surface area contributed by atoms with Gasteiger partial charge in [-0.3, -0.25) is 19.5 Å². The number of benzene rings is 2. The summed E-state index contributed by atoms with van der Waals surface area (Å²) in [5, 5.41) is 3.10. The van der Waals surface area contributed by atoms with E-state index in [9.17, 15) is 14.4 Å². The maximum absolute atomic E-state index is 12.9. The minimum absolute atomic E-state index is 0.239. The molecule has 0 unspecified atom stereocenters. The van der Waals surface area contributed by atoms with Crippen molar-refractivity contribution in [2.45, 2.75) is 13.0 Å². The van der Waals surface area contributed by atoms with Crippen molar-refractivity contribution >= 4 is 22.3 Å². The van der Waals surface area contributed by atoms with Crippen LogP contribution in [0.4, 0.5) is 0 Å². The molecule has 0 bridgehead atoms. The zero-order valence-electron chi connectivity index (χ0n) is 18.7. The molecule has 0 saturated heterocycles. The molecule has 33 heavy (non-hydrogen) atoms. The molecular weight excluding hydrogens is 426 g/mol. The molecule has 0 aliphatic carbocycles. The van der Waals surface area contributed by atoms with E-state index in [2.05, 4.69) is 5.10 Å². The number of hydrogen-bond acceptors (Lipinski definition) is 6. The van der Waals surface area contributed by atoms with E-state index in [0.717, 1.165) is 15.8 Å². The third kappa shape index (κ3) is 4.21. The number of aromatic amines is 1. The topological polar surface area (TPSA) is 103 Å². The van der Waals surface area contributed by atoms with Gasteiger partial charge >= 0.3 is 0 Å². The van der Waals surface area contributed by atoms with Crippen LogP contribution in [-0.4, -0.2) is 55.0 Å². The maximum atomic E-state index is 12.9. The number of methoxy groups -OCH3 is 3. The van der Waals surface area contributed by atoms with Crippen molar-refractivity contribution < 1.29 is 19.0 Å². The lowest BCUT2D eigenvalue weighted by Gasteiger charge is -2.28. The molecule has 2 heterocycles. The number of rotatable bonds is 6. The molecule has 3 aromatic rings. The molecule has 0 fully saturated rings. The molecule has 2 aromatic carbocycles. The van der Waals surface area contributed by atoms with Crippen LogP contribution in [0.15, 0.2) is 52.1 Å². The summed E-state index contributed by atoms with van der Waals surface area (Å²) in [6.45, 7) is 0.575. The first-order chi connectivity index (χ1) is 16.0. The van der Waals surface area contributed by atoms with E-state index in [1.807, 2.05) is 6.08 Å². The van der Waals surface area contributed by atoms with Crippen LogP contribution in [-0.2, 0) is 11.3 Å². The van der Waals surface area contributed by atoms with Crippen LogP contribution in [0.1, 0.15) is 12.0 Å². The molecule has 1 aliphatic heterocycles. The highest BCUT2D eigenvalue weighted by Gasteiger charge is 2.23. The van der Waals surface area contributed by atoms with Crippen molar-refractivity contribution in [2.75, 3.05) is 34.4 Å². The highest BCUT2D eigenvalue weighted by Crippen LogP contribution is 2.40. The molecule has 9 nitrogen and oxygen atoms in total. The van der Waals surface area contributed by atoms with E-state index in [0.29, 0.717) is 42.1 Å². The van der Waals surface area contributed by atoms with Gasteiger partial charge < -0.3 is 19.1 Å². The molecule has 9 heteroatoms. The van der Waals surface area contributed by atoms with E-state index in [-0.39, 0.29) is 17.8 Å². The quantitative estimate of drug-likeness (QED) is 0.615. The summed E-state index contributed by atoms with van der Waals surface area (Å²) in [5.74, 6) is 1.61. The van der Waals surface area contributed by atoms with Crippen molar-refractivity contribution in [1.82, 2.24) is 14.7 Å². The molecule has 0 spiro atoms. The largest absolute Gasteiger partial charge is 0.496 e. The second-order valence-electron chi connectivity index (χ2n) is 7.60. The van der Waals surface area contributed by atoms with Crippen LogP contribution in [0.25, 0.3) is 16.3 Å². The van der Waals surface area contributed by atoms with E-state index in [1.165, 1.54) is 0 Å². The number of carbonyl (C=O) groups is 1. The summed E-state index contributed by atoms with van der Waals surface area (Å²) in [4.78, 5) is 39.5. The van der Waals surface area contributed by atoms with Crippen molar-refractivity contribution in [2.24, 2.45) is 0 Å². The lowest BCUT2D eigenvalue weighted by molar-refractivity contribution is -0.131. The van der Waals surface area contributed by atoms with Crippen LogP contribution in [0, 0.1) is 0 Å². The Morgan fingerprint density at radius 3 is 2.24 bits per heavy atom. The van der Waals surface area contributed by atoms with E-state index in [4.69, 9.17) is 14.2 Å². The molecule has 1 amide bonds. The van der Waals surface area contributed by atoms with Gasteiger partial charge in [0.05, 0.1) is 37.7 Å². The first-order valence-corrected chi connectivity index (χ1v) is 10.5. The Bertz CT molecular complexity index is 1330. The summed E-state index contributed by atoms with van der Waals surface area (Å²) in [6.07, 6.45) is 2.52. The minimum Gasteiger partial charge on any atom is -0.496 e. The van der Waals surface area contributed by atoms with Crippen molar-refractivity contribution in [3.63, 3.8) is 0 Å². The van der Waals surface area contributed by atoms with Gasteiger partial charge in [0.2, 0.25) is 5.91 Å².